The van der Waals surface area contributed by atoms with Crippen LogP contribution >= 0.6 is 11.8 Å². The molecule has 0 bridgehead atoms. The van der Waals surface area contributed by atoms with E-state index >= 15 is 0 Å². The topological polar surface area (TPSA) is 68.0 Å². The molecule has 3 rings (SSSR count). The fourth-order valence-corrected chi connectivity index (χ4v) is 3.38. The number of amides is 1. The Balaban J connectivity index is 1.52. The Morgan fingerprint density at radius 2 is 2.13 bits per heavy atom. The van der Waals surface area contributed by atoms with Gasteiger partial charge in [-0.2, -0.15) is 0 Å². The van der Waals surface area contributed by atoms with Gasteiger partial charge < -0.3 is 9.73 Å². The third-order valence-corrected chi connectivity index (χ3v) is 4.79. The summed E-state index contributed by atoms with van der Waals surface area (Å²) in [4.78, 5) is 12.0. The van der Waals surface area contributed by atoms with Gasteiger partial charge in [-0.05, 0) is 31.9 Å². The number of benzene rings is 1. The molecule has 1 fully saturated rings. The molecular weight excluding hydrogens is 310 g/mol. The van der Waals surface area contributed by atoms with Crippen molar-refractivity contribution in [2.75, 3.05) is 5.75 Å². The van der Waals surface area contributed by atoms with Crippen molar-refractivity contribution in [1.29, 1.82) is 0 Å². The molecule has 1 heterocycles. The summed E-state index contributed by atoms with van der Waals surface area (Å²) in [6.07, 6.45) is 5.89. The standard InChI is InChI=1S/C17H21N3O2S/c1-12-6-5-7-13(10-12)16-19-20-17(22-16)23-11-15(21)18-14-8-3-2-4-9-14/h5-7,10,14H,2-4,8-9,11H2,1H3,(H,18,21). The van der Waals surface area contributed by atoms with Crippen LogP contribution in [0.1, 0.15) is 37.7 Å². The Morgan fingerprint density at radius 1 is 1.30 bits per heavy atom. The molecule has 0 unspecified atom stereocenters. The Labute approximate surface area is 140 Å². The maximum atomic E-state index is 12.0. The predicted octanol–water partition coefficient (Wildman–Crippen LogP) is 3.59. The molecule has 0 spiro atoms. The number of aromatic nitrogens is 2. The molecule has 6 heteroatoms. The zero-order valence-corrected chi connectivity index (χ0v) is 14.1. The number of hydrogen-bond donors (Lipinski definition) is 1. The molecule has 1 aliphatic carbocycles. The zero-order chi connectivity index (χ0) is 16.1. The quantitative estimate of drug-likeness (QED) is 0.848. The van der Waals surface area contributed by atoms with Gasteiger partial charge in [0.25, 0.3) is 5.22 Å². The van der Waals surface area contributed by atoms with Crippen LogP contribution in [0.4, 0.5) is 0 Å². The second kappa shape index (κ2) is 7.64. The fourth-order valence-electron chi connectivity index (χ4n) is 2.81. The summed E-state index contributed by atoms with van der Waals surface area (Å²) in [5, 5.41) is 11.6. The lowest BCUT2D eigenvalue weighted by atomic mass is 9.95. The van der Waals surface area contributed by atoms with Crippen LogP contribution in [0.25, 0.3) is 11.5 Å². The lowest BCUT2D eigenvalue weighted by Gasteiger charge is -2.22. The van der Waals surface area contributed by atoms with Crippen LogP contribution in [-0.2, 0) is 4.79 Å². The van der Waals surface area contributed by atoms with E-state index in [1.165, 1.54) is 31.0 Å². The highest BCUT2D eigenvalue weighted by Gasteiger charge is 2.17. The lowest BCUT2D eigenvalue weighted by Crippen LogP contribution is -2.37. The number of nitrogens with zero attached hydrogens (tertiary/aromatic N) is 2. The molecule has 1 saturated carbocycles. The number of aryl methyl sites for hydroxylation is 1. The molecule has 0 radical (unpaired) electrons. The Bertz CT molecular complexity index is 665. The van der Waals surface area contributed by atoms with Crippen LogP contribution in [0.15, 0.2) is 33.9 Å². The first-order valence-electron chi connectivity index (χ1n) is 8.03. The first kappa shape index (κ1) is 16.1. The zero-order valence-electron chi connectivity index (χ0n) is 13.2. The van der Waals surface area contributed by atoms with E-state index in [-0.39, 0.29) is 5.91 Å². The van der Waals surface area contributed by atoms with Crippen molar-refractivity contribution >= 4 is 17.7 Å². The van der Waals surface area contributed by atoms with Crippen molar-refractivity contribution in [3.63, 3.8) is 0 Å². The van der Waals surface area contributed by atoms with Crippen molar-refractivity contribution < 1.29 is 9.21 Å². The van der Waals surface area contributed by atoms with E-state index in [9.17, 15) is 4.79 Å². The summed E-state index contributed by atoms with van der Waals surface area (Å²) < 4.78 is 5.63. The van der Waals surface area contributed by atoms with Crippen molar-refractivity contribution in [1.82, 2.24) is 15.5 Å². The van der Waals surface area contributed by atoms with Crippen LogP contribution in [0, 0.1) is 6.92 Å². The van der Waals surface area contributed by atoms with Gasteiger partial charge in [-0.3, -0.25) is 4.79 Å². The summed E-state index contributed by atoms with van der Waals surface area (Å²) >= 11 is 1.28. The van der Waals surface area contributed by atoms with E-state index in [4.69, 9.17) is 4.42 Å². The van der Waals surface area contributed by atoms with Crippen molar-refractivity contribution in [2.45, 2.75) is 50.3 Å². The third-order valence-electron chi connectivity index (χ3n) is 3.97. The molecule has 0 aliphatic heterocycles. The second-order valence-electron chi connectivity index (χ2n) is 5.93. The first-order valence-corrected chi connectivity index (χ1v) is 9.02. The summed E-state index contributed by atoms with van der Waals surface area (Å²) in [5.41, 5.74) is 2.04. The number of nitrogens with one attached hydrogen (secondary N) is 1. The first-order chi connectivity index (χ1) is 11.2. The largest absolute Gasteiger partial charge is 0.411 e. The van der Waals surface area contributed by atoms with Gasteiger partial charge in [0.2, 0.25) is 11.8 Å². The molecule has 5 nitrogen and oxygen atoms in total. The predicted molar refractivity (Wildman–Crippen MR) is 90.2 cm³/mol. The lowest BCUT2D eigenvalue weighted by molar-refractivity contribution is -0.119. The number of hydrogen-bond acceptors (Lipinski definition) is 5. The monoisotopic (exact) mass is 331 g/mol. The Morgan fingerprint density at radius 3 is 2.91 bits per heavy atom. The number of rotatable bonds is 5. The minimum Gasteiger partial charge on any atom is -0.411 e. The molecule has 1 aromatic carbocycles. The Hall–Kier alpha value is -1.82. The van der Waals surface area contributed by atoms with E-state index in [1.54, 1.807) is 0 Å². The van der Waals surface area contributed by atoms with Gasteiger partial charge in [-0.15, -0.1) is 10.2 Å². The van der Waals surface area contributed by atoms with Gasteiger partial charge in [0, 0.05) is 11.6 Å². The molecule has 1 amide bonds. The van der Waals surface area contributed by atoms with Crippen molar-refractivity contribution in [3.8, 4) is 11.5 Å². The minimum atomic E-state index is 0.0391. The number of thioether (sulfide) groups is 1. The van der Waals surface area contributed by atoms with Crippen LogP contribution < -0.4 is 5.32 Å². The van der Waals surface area contributed by atoms with E-state index < -0.39 is 0 Å². The molecular formula is C17H21N3O2S. The average Bonchev–Trinajstić information content (AvgIpc) is 3.03. The van der Waals surface area contributed by atoms with Crippen LogP contribution in [-0.4, -0.2) is 27.9 Å². The molecule has 0 atom stereocenters. The van der Waals surface area contributed by atoms with E-state index in [2.05, 4.69) is 15.5 Å². The molecule has 1 aromatic heterocycles. The molecule has 23 heavy (non-hydrogen) atoms. The van der Waals surface area contributed by atoms with Crippen molar-refractivity contribution in [2.24, 2.45) is 0 Å². The van der Waals surface area contributed by atoms with Gasteiger partial charge in [0.1, 0.15) is 0 Å². The highest BCUT2D eigenvalue weighted by molar-refractivity contribution is 7.99. The van der Waals surface area contributed by atoms with Gasteiger partial charge in [-0.1, -0.05) is 48.7 Å². The van der Waals surface area contributed by atoms with E-state index in [0.29, 0.717) is 22.9 Å². The third kappa shape index (κ3) is 4.58. The van der Waals surface area contributed by atoms with E-state index in [0.717, 1.165) is 24.0 Å². The normalized spacial score (nSPS) is 15.5. The second-order valence-corrected chi connectivity index (χ2v) is 6.86. The van der Waals surface area contributed by atoms with Crippen LogP contribution in [0.2, 0.25) is 0 Å². The smallest absolute Gasteiger partial charge is 0.277 e. The average molecular weight is 331 g/mol. The maximum Gasteiger partial charge on any atom is 0.277 e. The van der Waals surface area contributed by atoms with Crippen molar-refractivity contribution in [3.05, 3.63) is 29.8 Å². The van der Waals surface area contributed by atoms with Gasteiger partial charge in [0.05, 0.1) is 5.75 Å². The highest BCUT2D eigenvalue weighted by Crippen LogP contribution is 2.24. The molecule has 1 aliphatic rings. The van der Waals surface area contributed by atoms with Gasteiger partial charge in [-0.25, -0.2) is 0 Å². The Kier molecular flexibility index (Phi) is 5.33. The molecule has 1 N–H and O–H groups in total. The van der Waals surface area contributed by atoms with E-state index in [1.807, 2.05) is 31.2 Å². The summed E-state index contributed by atoms with van der Waals surface area (Å²) in [6, 6.07) is 8.25. The molecule has 122 valence electrons. The van der Waals surface area contributed by atoms with Crippen LogP contribution in [0.5, 0.6) is 0 Å². The SMILES string of the molecule is Cc1cccc(-c2nnc(SCC(=O)NC3CCCCC3)o2)c1. The summed E-state index contributed by atoms with van der Waals surface area (Å²) in [7, 11) is 0. The highest BCUT2D eigenvalue weighted by atomic mass is 32.2. The fraction of sp³-hybridized carbons (Fsp3) is 0.471. The van der Waals surface area contributed by atoms with Gasteiger partial charge >= 0.3 is 0 Å². The number of carbonyl (C=O) groups excluding carboxylic acids is 1. The maximum absolute atomic E-state index is 12.0. The summed E-state index contributed by atoms with van der Waals surface area (Å²) in [5.74, 6) is 0.840. The number of carbonyl (C=O) groups is 1. The minimum absolute atomic E-state index is 0.0391. The van der Waals surface area contributed by atoms with Crippen LogP contribution in [0.3, 0.4) is 0 Å². The molecule has 2 aromatic rings. The molecule has 0 saturated heterocycles. The summed E-state index contributed by atoms with van der Waals surface area (Å²) in [6.45, 7) is 2.02. The van der Waals surface area contributed by atoms with Gasteiger partial charge in [0.15, 0.2) is 0 Å².